The molecule has 0 saturated carbocycles. The van der Waals surface area contributed by atoms with Gasteiger partial charge in [0.05, 0.1) is 13.2 Å². The van der Waals surface area contributed by atoms with Gasteiger partial charge in [0, 0.05) is 26.4 Å². The van der Waals surface area contributed by atoms with Crippen molar-refractivity contribution < 1.29 is 26.3 Å². The molecule has 0 aromatic carbocycles. The van der Waals surface area contributed by atoms with Crippen molar-refractivity contribution in [3.05, 3.63) is 0 Å². The summed E-state index contributed by atoms with van der Waals surface area (Å²) in [4.78, 5) is 0. The first-order valence-electron chi connectivity index (χ1n) is 8.81. The molecule has 0 N–H and O–H groups in total. The molecule has 0 aliphatic carbocycles. The van der Waals surface area contributed by atoms with Crippen LogP contribution in [0.3, 0.4) is 0 Å². The van der Waals surface area contributed by atoms with Gasteiger partial charge in [-0.25, -0.2) is 8.37 Å². The fourth-order valence-electron chi connectivity index (χ4n) is 1.67. The Morgan fingerprint density at radius 2 is 0.913 bits per heavy atom. The Morgan fingerprint density at radius 3 is 1.30 bits per heavy atom. The van der Waals surface area contributed by atoms with Crippen LogP contribution in [0.15, 0.2) is 0 Å². The van der Waals surface area contributed by atoms with Crippen LogP contribution >= 0.6 is 0 Å². The molecule has 0 radical (unpaired) electrons. The van der Waals surface area contributed by atoms with E-state index in [2.05, 4.69) is 13.8 Å². The van der Waals surface area contributed by atoms with Gasteiger partial charge < -0.3 is 9.47 Å². The monoisotopic (exact) mass is 354 g/mol. The second-order valence-corrected chi connectivity index (χ2v) is 6.69. The summed E-state index contributed by atoms with van der Waals surface area (Å²) in [7, 11) is -3.87. The maximum Gasteiger partial charge on any atom is 0.399 e. The molecule has 0 aromatic heterocycles. The van der Waals surface area contributed by atoms with E-state index in [0.29, 0.717) is 26.1 Å². The molecule has 0 heterocycles. The van der Waals surface area contributed by atoms with E-state index >= 15 is 0 Å². The Hall–Kier alpha value is -0.210. The molecule has 0 aliphatic rings. The first-order chi connectivity index (χ1) is 11.1. The van der Waals surface area contributed by atoms with E-state index in [9.17, 15) is 8.42 Å². The average Bonchev–Trinajstić information content (AvgIpc) is 2.52. The van der Waals surface area contributed by atoms with Crippen molar-refractivity contribution in [2.75, 3.05) is 39.6 Å². The van der Waals surface area contributed by atoms with E-state index < -0.39 is 10.4 Å². The second-order valence-electron chi connectivity index (χ2n) is 5.40. The van der Waals surface area contributed by atoms with Crippen LogP contribution < -0.4 is 0 Å². The third-order valence-electron chi connectivity index (χ3n) is 3.11. The molecule has 0 aromatic rings. The zero-order chi connectivity index (χ0) is 17.2. The highest BCUT2D eigenvalue weighted by Crippen LogP contribution is 2.02. The minimum absolute atomic E-state index is 0.138. The molecular weight excluding hydrogens is 320 g/mol. The van der Waals surface area contributed by atoms with Crippen molar-refractivity contribution in [1.29, 1.82) is 0 Å². The molecule has 6 nitrogen and oxygen atoms in total. The predicted molar refractivity (Wildman–Crippen MR) is 90.7 cm³/mol. The van der Waals surface area contributed by atoms with Crippen molar-refractivity contribution in [2.45, 2.75) is 65.2 Å². The van der Waals surface area contributed by atoms with Crippen LogP contribution in [0.4, 0.5) is 0 Å². The Kier molecular flexibility index (Phi) is 16.5. The van der Waals surface area contributed by atoms with Gasteiger partial charge in [-0.3, -0.25) is 0 Å². The molecule has 0 aliphatic heterocycles. The molecule has 0 fully saturated rings. The van der Waals surface area contributed by atoms with E-state index in [0.717, 1.165) is 51.7 Å². The van der Waals surface area contributed by atoms with Crippen molar-refractivity contribution in [1.82, 2.24) is 0 Å². The maximum absolute atomic E-state index is 11.5. The Labute approximate surface area is 142 Å². The van der Waals surface area contributed by atoms with Crippen LogP contribution in [0, 0.1) is 0 Å². The summed E-state index contributed by atoms with van der Waals surface area (Å²) in [5.74, 6) is 0. The zero-order valence-electron chi connectivity index (χ0n) is 14.8. The van der Waals surface area contributed by atoms with Gasteiger partial charge in [-0.1, -0.05) is 26.7 Å². The van der Waals surface area contributed by atoms with Gasteiger partial charge in [-0.05, 0) is 38.5 Å². The van der Waals surface area contributed by atoms with Crippen LogP contribution in [0.25, 0.3) is 0 Å². The third kappa shape index (κ3) is 18.0. The summed E-state index contributed by atoms with van der Waals surface area (Å²) in [5, 5.41) is 0. The van der Waals surface area contributed by atoms with E-state index in [1.807, 2.05) is 0 Å². The van der Waals surface area contributed by atoms with Crippen molar-refractivity contribution in [3.8, 4) is 0 Å². The molecule has 0 spiro atoms. The Morgan fingerprint density at radius 1 is 0.565 bits per heavy atom. The molecule has 140 valence electrons. The molecule has 0 saturated heterocycles. The van der Waals surface area contributed by atoms with E-state index in [4.69, 9.17) is 17.8 Å². The minimum Gasteiger partial charge on any atom is -0.381 e. The molecule has 0 unspecified atom stereocenters. The fraction of sp³-hybridized carbons (Fsp3) is 1.00. The smallest absolute Gasteiger partial charge is 0.381 e. The molecule has 0 atom stereocenters. The van der Waals surface area contributed by atoms with Gasteiger partial charge in [0.25, 0.3) is 0 Å². The lowest BCUT2D eigenvalue weighted by Gasteiger charge is -2.07. The van der Waals surface area contributed by atoms with Gasteiger partial charge in [-0.2, -0.15) is 8.42 Å². The van der Waals surface area contributed by atoms with Crippen molar-refractivity contribution in [2.24, 2.45) is 0 Å². The molecule has 7 heteroatoms. The molecule has 0 amide bonds. The van der Waals surface area contributed by atoms with Crippen LogP contribution in [0.2, 0.25) is 0 Å². The summed E-state index contributed by atoms with van der Waals surface area (Å²) in [6, 6.07) is 0. The summed E-state index contributed by atoms with van der Waals surface area (Å²) in [6.45, 7) is 7.31. The second kappa shape index (κ2) is 16.6. The molecular formula is C16H34O6S. The number of unbranched alkanes of at least 4 members (excludes halogenated alkanes) is 4. The Bertz CT molecular complexity index is 305. The molecule has 0 bridgehead atoms. The summed E-state index contributed by atoms with van der Waals surface area (Å²) < 4.78 is 43.3. The van der Waals surface area contributed by atoms with Crippen molar-refractivity contribution in [3.63, 3.8) is 0 Å². The summed E-state index contributed by atoms with van der Waals surface area (Å²) in [6.07, 6.45) is 7.19. The minimum atomic E-state index is -3.87. The fourth-order valence-corrected chi connectivity index (χ4v) is 2.38. The van der Waals surface area contributed by atoms with E-state index in [1.54, 1.807) is 0 Å². The average molecular weight is 355 g/mol. The van der Waals surface area contributed by atoms with Gasteiger partial charge in [-0.15, -0.1) is 0 Å². The van der Waals surface area contributed by atoms with E-state index in [-0.39, 0.29) is 13.2 Å². The SMILES string of the molecule is CCCCOCCCCOS(=O)(=O)OCCCCOCCCC. The Balaban J connectivity index is 3.37. The predicted octanol–water partition coefficient (Wildman–Crippen LogP) is 3.46. The highest BCUT2D eigenvalue weighted by molar-refractivity contribution is 7.81. The number of rotatable bonds is 18. The van der Waals surface area contributed by atoms with Crippen molar-refractivity contribution >= 4 is 10.4 Å². The number of hydrogen-bond acceptors (Lipinski definition) is 6. The van der Waals surface area contributed by atoms with Crippen LogP contribution in [-0.2, 0) is 28.2 Å². The first kappa shape index (κ1) is 22.8. The van der Waals surface area contributed by atoms with Gasteiger partial charge in [0.15, 0.2) is 0 Å². The number of hydrogen-bond donors (Lipinski definition) is 0. The summed E-state index contributed by atoms with van der Waals surface area (Å²) in [5.41, 5.74) is 0. The maximum atomic E-state index is 11.5. The van der Waals surface area contributed by atoms with Crippen LogP contribution in [0.1, 0.15) is 65.2 Å². The van der Waals surface area contributed by atoms with Crippen LogP contribution in [0.5, 0.6) is 0 Å². The first-order valence-corrected chi connectivity index (χ1v) is 10.1. The standard InChI is InChI=1S/C16H34O6S/c1-3-5-11-19-13-7-9-15-21-23(17,18)22-16-10-8-14-20-12-6-4-2/h3-16H2,1-2H3. The van der Waals surface area contributed by atoms with Gasteiger partial charge in [0.1, 0.15) is 0 Å². The quantitative estimate of drug-likeness (QED) is 0.351. The zero-order valence-corrected chi connectivity index (χ0v) is 15.6. The lowest BCUT2D eigenvalue weighted by atomic mass is 10.3. The highest BCUT2D eigenvalue weighted by Gasteiger charge is 2.11. The van der Waals surface area contributed by atoms with Gasteiger partial charge in [0.2, 0.25) is 0 Å². The molecule has 23 heavy (non-hydrogen) atoms. The highest BCUT2D eigenvalue weighted by atomic mass is 32.3. The third-order valence-corrected chi connectivity index (χ3v) is 4.02. The normalized spacial score (nSPS) is 11.9. The lowest BCUT2D eigenvalue weighted by Crippen LogP contribution is -2.12. The van der Waals surface area contributed by atoms with Crippen LogP contribution in [-0.4, -0.2) is 48.1 Å². The topological polar surface area (TPSA) is 71.1 Å². The lowest BCUT2D eigenvalue weighted by molar-refractivity contribution is 0.119. The number of ether oxygens (including phenoxy) is 2. The van der Waals surface area contributed by atoms with E-state index in [1.165, 1.54) is 0 Å². The van der Waals surface area contributed by atoms with Gasteiger partial charge >= 0.3 is 10.4 Å². The molecule has 0 rings (SSSR count). The largest absolute Gasteiger partial charge is 0.399 e. The summed E-state index contributed by atoms with van der Waals surface area (Å²) >= 11 is 0.